The summed E-state index contributed by atoms with van der Waals surface area (Å²) in [6.07, 6.45) is 0. The molecule has 3 nitrogen and oxygen atoms in total. The third kappa shape index (κ3) is 2.78. The first kappa shape index (κ1) is 12.4. The van der Waals surface area contributed by atoms with Crippen molar-refractivity contribution in [1.29, 1.82) is 0 Å². The number of nitrogens with two attached hydrogens (primary N) is 1. The van der Waals surface area contributed by atoms with Gasteiger partial charge in [0.05, 0.1) is 18.3 Å². The third-order valence-corrected chi connectivity index (χ3v) is 2.71. The maximum atomic E-state index is 13.6. The van der Waals surface area contributed by atoms with E-state index in [1.54, 1.807) is 12.1 Å². The molecule has 0 aliphatic rings. The van der Waals surface area contributed by atoms with E-state index in [1.165, 1.54) is 6.07 Å². The van der Waals surface area contributed by atoms with Gasteiger partial charge in [0, 0.05) is 5.69 Å². The number of nitrogen functional groups attached to an aromatic ring is 1. The SMILES string of the molecule is Nc1ccc(NC(CO)c2ccccc2)c(F)c1. The first-order valence-corrected chi connectivity index (χ1v) is 5.68. The van der Waals surface area contributed by atoms with Crippen molar-refractivity contribution in [3.63, 3.8) is 0 Å². The van der Waals surface area contributed by atoms with Crippen LogP contribution in [0.5, 0.6) is 0 Å². The molecule has 2 aromatic rings. The molecular formula is C14H15FN2O. The lowest BCUT2D eigenvalue weighted by Gasteiger charge is -2.18. The summed E-state index contributed by atoms with van der Waals surface area (Å²) in [7, 11) is 0. The van der Waals surface area contributed by atoms with Crippen molar-refractivity contribution in [2.45, 2.75) is 6.04 Å². The molecule has 0 aliphatic heterocycles. The Hall–Kier alpha value is -2.07. The maximum absolute atomic E-state index is 13.6. The first-order chi connectivity index (χ1) is 8.70. The molecule has 18 heavy (non-hydrogen) atoms. The second kappa shape index (κ2) is 5.51. The fraction of sp³-hybridized carbons (Fsp3) is 0.143. The van der Waals surface area contributed by atoms with E-state index in [1.807, 2.05) is 30.3 Å². The average molecular weight is 246 g/mol. The molecule has 2 rings (SSSR count). The highest BCUT2D eigenvalue weighted by atomic mass is 19.1. The molecule has 2 aromatic carbocycles. The molecular weight excluding hydrogens is 231 g/mol. The number of hydrogen-bond donors (Lipinski definition) is 3. The average Bonchev–Trinajstić information content (AvgIpc) is 2.39. The van der Waals surface area contributed by atoms with Gasteiger partial charge in [0.15, 0.2) is 0 Å². The highest BCUT2D eigenvalue weighted by molar-refractivity contribution is 5.53. The van der Waals surface area contributed by atoms with Crippen LogP contribution < -0.4 is 11.1 Å². The quantitative estimate of drug-likeness (QED) is 0.727. The normalized spacial score (nSPS) is 12.1. The predicted octanol–water partition coefficient (Wildman–Crippen LogP) is 2.55. The second-order valence-corrected chi connectivity index (χ2v) is 4.03. The van der Waals surface area contributed by atoms with Crippen molar-refractivity contribution in [3.05, 3.63) is 59.9 Å². The summed E-state index contributed by atoms with van der Waals surface area (Å²) < 4.78 is 13.6. The minimum Gasteiger partial charge on any atom is -0.399 e. The van der Waals surface area contributed by atoms with Gasteiger partial charge in [0.1, 0.15) is 5.82 Å². The van der Waals surface area contributed by atoms with Crippen LogP contribution in [0.4, 0.5) is 15.8 Å². The number of nitrogens with one attached hydrogen (secondary N) is 1. The van der Waals surface area contributed by atoms with E-state index in [9.17, 15) is 9.50 Å². The lowest BCUT2D eigenvalue weighted by atomic mass is 10.1. The van der Waals surface area contributed by atoms with Crippen LogP contribution in [0.15, 0.2) is 48.5 Å². The summed E-state index contributed by atoms with van der Waals surface area (Å²) in [5.74, 6) is -0.426. The molecule has 0 aromatic heterocycles. The molecule has 1 atom stereocenters. The maximum Gasteiger partial charge on any atom is 0.148 e. The van der Waals surface area contributed by atoms with Crippen molar-refractivity contribution in [2.75, 3.05) is 17.7 Å². The Labute approximate surface area is 105 Å². The lowest BCUT2D eigenvalue weighted by molar-refractivity contribution is 0.276. The van der Waals surface area contributed by atoms with Gasteiger partial charge < -0.3 is 16.2 Å². The molecule has 0 saturated carbocycles. The van der Waals surface area contributed by atoms with E-state index in [2.05, 4.69) is 5.32 Å². The van der Waals surface area contributed by atoms with E-state index in [0.29, 0.717) is 11.4 Å². The molecule has 0 aliphatic carbocycles. The molecule has 1 unspecified atom stereocenters. The van der Waals surface area contributed by atoms with Crippen molar-refractivity contribution < 1.29 is 9.50 Å². The minimum atomic E-state index is -0.426. The molecule has 4 N–H and O–H groups in total. The van der Waals surface area contributed by atoms with Crippen LogP contribution in [-0.2, 0) is 0 Å². The number of anilines is 2. The Morgan fingerprint density at radius 3 is 2.50 bits per heavy atom. The van der Waals surface area contributed by atoms with Gasteiger partial charge in [-0.3, -0.25) is 0 Å². The Balaban J connectivity index is 2.21. The molecule has 4 heteroatoms. The van der Waals surface area contributed by atoms with Crippen molar-refractivity contribution in [2.24, 2.45) is 0 Å². The molecule has 94 valence electrons. The van der Waals surface area contributed by atoms with Crippen molar-refractivity contribution in [3.8, 4) is 0 Å². The van der Waals surface area contributed by atoms with Gasteiger partial charge >= 0.3 is 0 Å². The summed E-state index contributed by atoms with van der Waals surface area (Å²) >= 11 is 0. The first-order valence-electron chi connectivity index (χ1n) is 5.68. The number of rotatable bonds is 4. The summed E-state index contributed by atoms with van der Waals surface area (Å²) in [5.41, 5.74) is 7.08. The number of aliphatic hydroxyl groups excluding tert-OH is 1. The largest absolute Gasteiger partial charge is 0.399 e. The van der Waals surface area contributed by atoms with Gasteiger partial charge in [-0.15, -0.1) is 0 Å². The van der Waals surface area contributed by atoms with Crippen LogP contribution in [0.25, 0.3) is 0 Å². The van der Waals surface area contributed by atoms with Gasteiger partial charge in [0.2, 0.25) is 0 Å². The fourth-order valence-electron chi connectivity index (χ4n) is 1.76. The Morgan fingerprint density at radius 2 is 1.89 bits per heavy atom. The molecule has 0 fully saturated rings. The summed E-state index contributed by atoms with van der Waals surface area (Å²) in [5, 5.41) is 12.3. The second-order valence-electron chi connectivity index (χ2n) is 4.03. The van der Waals surface area contributed by atoms with E-state index in [4.69, 9.17) is 5.73 Å². The summed E-state index contributed by atoms with van der Waals surface area (Å²) in [6, 6.07) is 13.5. The molecule has 0 saturated heterocycles. The van der Waals surface area contributed by atoms with Crippen LogP contribution in [0.2, 0.25) is 0 Å². The fourth-order valence-corrected chi connectivity index (χ4v) is 1.76. The van der Waals surface area contributed by atoms with E-state index >= 15 is 0 Å². The summed E-state index contributed by atoms with van der Waals surface area (Å²) in [6.45, 7) is -0.117. The third-order valence-electron chi connectivity index (χ3n) is 2.71. The van der Waals surface area contributed by atoms with Gasteiger partial charge in [-0.2, -0.15) is 0 Å². The van der Waals surface area contributed by atoms with Crippen LogP contribution in [0.3, 0.4) is 0 Å². The Kier molecular flexibility index (Phi) is 3.79. The number of aliphatic hydroxyl groups is 1. The van der Waals surface area contributed by atoms with E-state index in [0.717, 1.165) is 5.56 Å². The molecule has 0 radical (unpaired) electrons. The van der Waals surface area contributed by atoms with Crippen LogP contribution in [0, 0.1) is 5.82 Å². The van der Waals surface area contributed by atoms with Crippen LogP contribution in [0.1, 0.15) is 11.6 Å². The minimum absolute atomic E-state index is 0.117. The van der Waals surface area contributed by atoms with Crippen molar-refractivity contribution >= 4 is 11.4 Å². The zero-order valence-corrected chi connectivity index (χ0v) is 9.81. The van der Waals surface area contributed by atoms with Gasteiger partial charge in [-0.05, 0) is 23.8 Å². The van der Waals surface area contributed by atoms with Gasteiger partial charge in [-0.1, -0.05) is 30.3 Å². The molecule has 0 amide bonds. The Bertz CT molecular complexity index is 516. The number of hydrogen-bond acceptors (Lipinski definition) is 3. The Morgan fingerprint density at radius 1 is 1.17 bits per heavy atom. The molecule has 0 bridgehead atoms. The zero-order valence-electron chi connectivity index (χ0n) is 9.81. The van der Waals surface area contributed by atoms with Crippen LogP contribution in [-0.4, -0.2) is 11.7 Å². The van der Waals surface area contributed by atoms with Gasteiger partial charge in [0.25, 0.3) is 0 Å². The molecule has 0 heterocycles. The number of benzene rings is 2. The zero-order chi connectivity index (χ0) is 13.0. The van der Waals surface area contributed by atoms with E-state index in [-0.39, 0.29) is 12.6 Å². The predicted molar refractivity (Wildman–Crippen MR) is 70.7 cm³/mol. The topological polar surface area (TPSA) is 58.3 Å². The van der Waals surface area contributed by atoms with Gasteiger partial charge in [-0.25, -0.2) is 4.39 Å². The highest BCUT2D eigenvalue weighted by Gasteiger charge is 2.12. The smallest absolute Gasteiger partial charge is 0.148 e. The molecule has 0 spiro atoms. The highest BCUT2D eigenvalue weighted by Crippen LogP contribution is 2.23. The monoisotopic (exact) mass is 246 g/mol. The van der Waals surface area contributed by atoms with Crippen molar-refractivity contribution in [1.82, 2.24) is 0 Å². The lowest BCUT2D eigenvalue weighted by Crippen LogP contribution is -2.15. The standard InChI is InChI=1S/C14H15FN2O/c15-12-8-11(16)6-7-13(12)17-14(9-18)10-4-2-1-3-5-10/h1-8,14,17-18H,9,16H2. The van der Waals surface area contributed by atoms with E-state index < -0.39 is 5.82 Å². The summed E-state index contributed by atoms with van der Waals surface area (Å²) in [4.78, 5) is 0. The number of halogens is 1. The van der Waals surface area contributed by atoms with Crippen LogP contribution >= 0.6 is 0 Å².